The zero-order valence-electron chi connectivity index (χ0n) is 16.3. The number of carbonyl (C=O) groups is 3. The number of benzene rings is 1. The van der Waals surface area contributed by atoms with Gasteiger partial charge in [0.2, 0.25) is 5.91 Å². The summed E-state index contributed by atoms with van der Waals surface area (Å²) in [4.78, 5) is 41.1. The molecule has 2 fully saturated rings. The first-order valence-electron chi connectivity index (χ1n) is 10.2. The van der Waals surface area contributed by atoms with Crippen molar-refractivity contribution in [2.75, 3.05) is 19.6 Å². The van der Waals surface area contributed by atoms with Gasteiger partial charge in [-0.25, -0.2) is 4.79 Å². The quantitative estimate of drug-likeness (QED) is 0.819. The highest BCUT2D eigenvalue weighted by molar-refractivity contribution is 6.09. The van der Waals surface area contributed by atoms with Crippen LogP contribution in [0.15, 0.2) is 36.4 Å². The van der Waals surface area contributed by atoms with Crippen molar-refractivity contribution in [1.82, 2.24) is 15.1 Å². The number of urea groups is 1. The van der Waals surface area contributed by atoms with Crippen LogP contribution < -0.4 is 5.32 Å². The number of hydrogen-bond donors (Lipinski definition) is 1. The van der Waals surface area contributed by atoms with Crippen LogP contribution in [0.2, 0.25) is 0 Å². The first kappa shape index (κ1) is 18.7. The van der Waals surface area contributed by atoms with E-state index in [1.165, 1.54) is 11.1 Å². The molecule has 2 heterocycles. The molecule has 3 aliphatic rings. The third-order valence-corrected chi connectivity index (χ3v) is 6.50. The topological polar surface area (TPSA) is 69.7 Å². The minimum Gasteiger partial charge on any atom is -0.337 e. The second-order valence-electron chi connectivity index (χ2n) is 8.12. The lowest BCUT2D eigenvalue weighted by molar-refractivity contribution is -0.140. The maximum atomic E-state index is 13.0. The molecule has 2 aliphatic heterocycles. The number of hydrogen-bond acceptors (Lipinski definition) is 3. The lowest BCUT2D eigenvalue weighted by atomic mass is 9.73. The van der Waals surface area contributed by atoms with Crippen LogP contribution >= 0.6 is 0 Å². The van der Waals surface area contributed by atoms with Crippen LogP contribution in [0.1, 0.15) is 44.6 Å². The van der Waals surface area contributed by atoms with E-state index in [1.54, 1.807) is 4.90 Å². The van der Waals surface area contributed by atoms with Crippen molar-refractivity contribution in [3.63, 3.8) is 0 Å². The molecular weight excluding hydrogens is 354 g/mol. The van der Waals surface area contributed by atoms with Crippen molar-refractivity contribution in [3.8, 4) is 0 Å². The second kappa shape index (κ2) is 7.41. The van der Waals surface area contributed by atoms with Gasteiger partial charge in [0.1, 0.15) is 12.1 Å². The van der Waals surface area contributed by atoms with E-state index in [1.807, 2.05) is 25.1 Å². The molecule has 1 saturated carbocycles. The molecule has 148 valence electrons. The van der Waals surface area contributed by atoms with Gasteiger partial charge in [0.25, 0.3) is 5.91 Å². The zero-order valence-corrected chi connectivity index (χ0v) is 16.3. The minimum atomic E-state index is -0.808. The molecule has 1 aromatic rings. The molecule has 0 radical (unpaired) electrons. The predicted octanol–water partition coefficient (Wildman–Crippen LogP) is 2.80. The van der Waals surface area contributed by atoms with Crippen LogP contribution in [0.4, 0.5) is 4.79 Å². The first-order chi connectivity index (χ1) is 13.5. The van der Waals surface area contributed by atoms with E-state index in [2.05, 4.69) is 23.5 Å². The second-order valence-corrected chi connectivity index (χ2v) is 8.12. The van der Waals surface area contributed by atoms with Gasteiger partial charge in [-0.3, -0.25) is 14.5 Å². The molecule has 1 N–H and O–H groups in total. The molecule has 6 heteroatoms. The summed E-state index contributed by atoms with van der Waals surface area (Å²) in [6.07, 6.45) is 6.43. The average molecular weight is 381 g/mol. The molecule has 6 nitrogen and oxygen atoms in total. The fourth-order valence-corrected chi connectivity index (χ4v) is 4.68. The highest BCUT2D eigenvalue weighted by Crippen LogP contribution is 2.38. The standard InChI is InChI=1S/C22H27N3O3/c1-16-7-5-6-12-22(16)20(27)25(21(28)23-22)15-19(26)24-13-10-18(11-14-24)17-8-3-2-4-9-17/h2-4,8-10,16H,5-7,11-15H2,1H3,(H,23,28)/t16-,22-/m0/s1. The normalized spacial score (nSPS) is 27.8. The lowest BCUT2D eigenvalue weighted by Gasteiger charge is -2.37. The Morgan fingerprint density at radius 3 is 2.68 bits per heavy atom. The lowest BCUT2D eigenvalue weighted by Crippen LogP contribution is -2.54. The van der Waals surface area contributed by atoms with Crippen molar-refractivity contribution in [3.05, 3.63) is 42.0 Å². The first-order valence-corrected chi connectivity index (χ1v) is 10.2. The Bertz CT molecular complexity index is 820. The predicted molar refractivity (Wildman–Crippen MR) is 106 cm³/mol. The molecule has 1 spiro atoms. The van der Waals surface area contributed by atoms with Gasteiger partial charge in [-0.05, 0) is 36.3 Å². The van der Waals surface area contributed by atoms with Gasteiger partial charge in [0, 0.05) is 13.1 Å². The van der Waals surface area contributed by atoms with Crippen molar-refractivity contribution < 1.29 is 14.4 Å². The van der Waals surface area contributed by atoms with Crippen molar-refractivity contribution in [2.24, 2.45) is 5.92 Å². The molecule has 0 bridgehead atoms. The Kier molecular flexibility index (Phi) is 4.96. The summed E-state index contributed by atoms with van der Waals surface area (Å²) in [7, 11) is 0. The Morgan fingerprint density at radius 2 is 2.00 bits per heavy atom. The van der Waals surface area contributed by atoms with Crippen LogP contribution in [0.5, 0.6) is 0 Å². The van der Waals surface area contributed by atoms with Crippen molar-refractivity contribution in [1.29, 1.82) is 0 Å². The van der Waals surface area contributed by atoms with Crippen LogP contribution in [-0.4, -0.2) is 52.8 Å². The van der Waals surface area contributed by atoms with Crippen LogP contribution in [-0.2, 0) is 9.59 Å². The summed E-state index contributed by atoms with van der Waals surface area (Å²) in [5.74, 6) is -0.299. The van der Waals surface area contributed by atoms with Gasteiger partial charge >= 0.3 is 6.03 Å². The number of rotatable bonds is 3. The number of amides is 4. The third kappa shape index (κ3) is 3.21. The molecule has 1 aliphatic carbocycles. The molecule has 0 unspecified atom stereocenters. The Hall–Kier alpha value is -2.63. The number of carbonyl (C=O) groups excluding carboxylic acids is 3. The smallest absolute Gasteiger partial charge is 0.325 e. The van der Waals surface area contributed by atoms with E-state index in [0.717, 1.165) is 30.6 Å². The van der Waals surface area contributed by atoms with E-state index >= 15 is 0 Å². The highest BCUT2D eigenvalue weighted by Gasteiger charge is 2.55. The molecule has 0 aromatic heterocycles. The van der Waals surface area contributed by atoms with E-state index in [-0.39, 0.29) is 24.3 Å². The minimum absolute atomic E-state index is 0.101. The highest BCUT2D eigenvalue weighted by atomic mass is 16.2. The number of nitrogens with one attached hydrogen (secondary N) is 1. The summed E-state index contributed by atoms with van der Waals surface area (Å²) in [6, 6.07) is 9.72. The molecule has 4 rings (SSSR count). The van der Waals surface area contributed by atoms with Crippen molar-refractivity contribution >= 4 is 23.4 Å². The van der Waals surface area contributed by atoms with Gasteiger partial charge < -0.3 is 10.2 Å². The largest absolute Gasteiger partial charge is 0.337 e. The maximum absolute atomic E-state index is 13.0. The molecular formula is C22H27N3O3. The van der Waals surface area contributed by atoms with Gasteiger partial charge in [-0.1, -0.05) is 56.2 Å². The molecule has 1 saturated heterocycles. The molecule has 28 heavy (non-hydrogen) atoms. The SMILES string of the molecule is C[C@H]1CCCC[C@]12NC(=O)N(CC(=O)N1CC=C(c3ccccc3)CC1)C2=O. The van der Waals surface area contributed by atoms with E-state index in [0.29, 0.717) is 19.5 Å². The fourth-order valence-electron chi connectivity index (χ4n) is 4.68. The van der Waals surface area contributed by atoms with Crippen LogP contribution in [0.3, 0.4) is 0 Å². The van der Waals surface area contributed by atoms with Crippen molar-refractivity contribution in [2.45, 2.75) is 44.6 Å². The van der Waals surface area contributed by atoms with Gasteiger partial charge in [0.05, 0.1) is 0 Å². The number of nitrogens with zero attached hydrogens (tertiary/aromatic N) is 2. The van der Waals surface area contributed by atoms with Crippen LogP contribution in [0, 0.1) is 5.92 Å². The zero-order chi connectivity index (χ0) is 19.7. The van der Waals surface area contributed by atoms with Gasteiger partial charge in [-0.15, -0.1) is 0 Å². The summed E-state index contributed by atoms with van der Waals surface area (Å²) in [5, 5.41) is 2.91. The summed E-state index contributed by atoms with van der Waals surface area (Å²) < 4.78 is 0. The molecule has 1 aromatic carbocycles. The van der Waals surface area contributed by atoms with Crippen LogP contribution in [0.25, 0.3) is 5.57 Å². The Labute approximate surface area is 165 Å². The summed E-state index contributed by atoms with van der Waals surface area (Å²) in [5.41, 5.74) is 1.60. The Morgan fingerprint density at radius 1 is 1.21 bits per heavy atom. The van der Waals surface area contributed by atoms with Gasteiger partial charge in [0.15, 0.2) is 0 Å². The monoisotopic (exact) mass is 381 g/mol. The average Bonchev–Trinajstić information content (AvgIpc) is 2.96. The number of imide groups is 1. The molecule has 4 amide bonds. The maximum Gasteiger partial charge on any atom is 0.325 e. The van der Waals surface area contributed by atoms with E-state index < -0.39 is 11.6 Å². The van der Waals surface area contributed by atoms with Gasteiger partial charge in [-0.2, -0.15) is 0 Å². The third-order valence-electron chi connectivity index (χ3n) is 6.50. The Balaban J connectivity index is 1.41. The fraction of sp³-hybridized carbons (Fsp3) is 0.500. The van der Waals surface area contributed by atoms with E-state index in [4.69, 9.17) is 0 Å². The van der Waals surface area contributed by atoms with E-state index in [9.17, 15) is 14.4 Å². The summed E-state index contributed by atoms with van der Waals surface area (Å²) in [6.45, 7) is 2.95. The molecule has 2 atom stereocenters. The summed E-state index contributed by atoms with van der Waals surface area (Å²) >= 11 is 0.